The molecule has 3 rings (SSSR count). The van der Waals surface area contributed by atoms with Gasteiger partial charge in [0, 0.05) is 0 Å². The highest BCUT2D eigenvalue weighted by Crippen LogP contribution is 2.37. The fourth-order valence-electron chi connectivity index (χ4n) is 2.54. The van der Waals surface area contributed by atoms with Gasteiger partial charge in [0.1, 0.15) is 0 Å². The molecule has 0 saturated carbocycles. The van der Waals surface area contributed by atoms with Gasteiger partial charge in [-0.2, -0.15) is 0 Å². The SMILES string of the molecule is COc1cc(/C=C2\SC(=S)N(c3ccccc3)C2=O)ccc1OC(C)C. The van der Waals surface area contributed by atoms with E-state index in [-0.39, 0.29) is 12.0 Å². The van der Waals surface area contributed by atoms with Gasteiger partial charge in [-0.05, 0) is 49.8 Å². The molecule has 134 valence electrons. The van der Waals surface area contributed by atoms with Gasteiger partial charge < -0.3 is 9.47 Å². The smallest absolute Gasteiger partial charge is 0.270 e. The summed E-state index contributed by atoms with van der Waals surface area (Å²) in [5.74, 6) is 1.19. The second-order valence-electron chi connectivity index (χ2n) is 5.93. The lowest BCUT2D eigenvalue weighted by atomic mass is 10.1. The van der Waals surface area contributed by atoms with Gasteiger partial charge in [0.05, 0.1) is 23.8 Å². The van der Waals surface area contributed by atoms with Gasteiger partial charge in [0.25, 0.3) is 5.91 Å². The third-order valence-electron chi connectivity index (χ3n) is 3.66. The van der Waals surface area contributed by atoms with Gasteiger partial charge in [-0.1, -0.05) is 48.2 Å². The summed E-state index contributed by atoms with van der Waals surface area (Å²) in [4.78, 5) is 14.9. The molecule has 1 fully saturated rings. The van der Waals surface area contributed by atoms with E-state index in [2.05, 4.69) is 0 Å². The zero-order valence-corrected chi connectivity index (χ0v) is 16.4. The van der Waals surface area contributed by atoms with Crippen LogP contribution in [0.15, 0.2) is 53.4 Å². The Bertz CT molecular complexity index is 863. The number of thioether (sulfide) groups is 1. The lowest BCUT2D eigenvalue weighted by Gasteiger charge is -2.14. The normalized spacial score (nSPS) is 15.8. The van der Waals surface area contributed by atoms with Crippen LogP contribution in [0.25, 0.3) is 6.08 Å². The lowest BCUT2D eigenvalue weighted by molar-refractivity contribution is -0.113. The lowest BCUT2D eigenvalue weighted by Crippen LogP contribution is -2.27. The molecular formula is C20H19NO3S2. The van der Waals surface area contributed by atoms with Crippen molar-refractivity contribution in [2.45, 2.75) is 20.0 Å². The zero-order chi connectivity index (χ0) is 18.7. The first kappa shape index (κ1) is 18.5. The summed E-state index contributed by atoms with van der Waals surface area (Å²) in [6.07, 6.45) is 1.88. The Balaban J connectivity index is 1.89. The van der Waals surface area contributed by atoms with Crippen LogP contribution in [-0.2, 0) is 4.79 Å². The highest BCUT2D eigenvalue weighted by atomic mass is 32.2. The Labute approximate surface area is 162 Å². The van der Waals surface area contributed by atoms with E-state index in [1.54, 1.807) is 12.0 Å². The molecule has 4 nitrogen and oxygen atoms in total. The Morgan fingerprint density at radius 2 is 1.85 bits per heavy atom. The number of rotatable bonds is 5. The summed E-state index contributed by atoms with van der Waals surface area (Å²) >= 11 is 6.69. The zero-order valence-electron chi connectivity index (χ0n) is 14.8. The minimum absolute atomic E-state index is 0.0527. The van der Waals surface area contributed by atoms with Crippen LogP contribution in [-0.4, -0.2) is 23.4 Å². The maximum Gasteiger partial charge on any atom is 0.270 e. The van der Waals surface area contributed by atoms with Gasteiger partial charge in [0.2, 0.25) is 0 Å². The second-order valence-corrected chi connectivity index (χ2v) is 7.61. The molecule has 1 heterocycles. The molecule has 2 aromatic carbocycles. The topological polar surface area (TPSA) is 38.8 Å². The van der Waals surface area contributed by atoms with Crippen molar-refractivity contribution in [3.63, 3.8) is 0 Å². The van der Waals surface area contributed by atoms with Crippen LogP contribution < -0.4 is 14.4 Å². The number of hydrogen-bond donors (Lipinski definition) is 0. The minimum Gasteiger partial charge on any atom is -0.493 e. The van der Waals surface area contributed by atoms with Crippen LogP contribution in [0.5, 0.6) is 11.5 Å². The van der Waals surface area contributed by atoms with Crippen molar-refractivity contribution >= 4 is 46.0 Å². The molecule has 6 heteroatoms. The average Bonchev–Trinajstić information content (AvgIpc) is 2.90. The standard InChI is InChI=1S/C20H19NO3S2/c1-13(2)24-16-10-9-14(11-17(16)23-3)12-18-19(22)21(20(25)26-18)15-7-5-4-6-8-15/h4-13H,1-3H3/b18-12-. The van der Waals surface area contributed by atoms with Gasteiger partial charge in [0.15, 0.2) is 15.8 Å². The molecule has 1 saturated heterocycles. The third kappa shape index (κ3) is 3.92. The molecule has 1 amide bonds. The van der Waals surface area contributed by atoms with E-state index in [1.165, 1.54) is 11.8 Å². The number of nitrogens with zero attached hydrogens (tertiary/aromatic N) is 1. The Hall–Kier alpha value is -2.31. The van der Waals surface area contributed by atoms with Crippen LogP contribution in [0.2, 0.25) is 0 Å². The molecule has 0 atom stereocenters. The summed E-state index contributed by atoms with van der Waals surface area (Å²) in [5, 5.41) is 0. The number of thiocarbonyl (C=S) groups is 1. The maximum atomic E-state index is 12.8. The first-order chi connectivity index (χ1) is 12.5. The van der Waals surface area contributed by atoms with Crippen molar-refractivity contribution in [1.82, 2.24) is 0 Å². The summed E-state index contributed by atoms with van der Waals surface area (Å²) in [6, 6.07) is 15.0. The number of ether oxygens (including phenoxy) is 2. The Morgan fingerprint density at radius 3 is 2.50 bits per heavy atom. The molecule has 0 unspecified atom stereocenters. The predicted octanol–water partition coefficient (Wildman–Crippen LogP) is 4.89. The number of carbonyl (C=O) groups is 1. The van der Waals surface area contributed by atoms with Crippen molar-refractivity contribution in [2.24, 2.45) is 0 Å². The quantitative estimate of drug-likeness (QED) is 0.541. The molecule has 0 radical (unpaired) electrons. The summed E-state index contributed by atoms with van der Waals surface area (Å²) in [5.41, 5.74) is 1.63. The minimum atomic E-state index is -0.118. The number of anilines is 1. The van der Waals surface area contributed by atoms with Gasteiger partial charge in [-0.3, -0.25) is 9.69 Å². The van der Waals surface area contributed by atoms with Crippen molar-refractivity contribution in [3.8, 4) is 11.5 Å². The molecular weight excluding hydrogens is 366 g/mol. The van der Waals surface area contributed by atoms with Crippen LogP contribution >= 0.6 is 24.0 Å². The molecule has 0 spiro atoms. The van der Waals surface area contributed by atoms with Crippen molar-refractivity contribution in [3.05, 3.63) is 59.0 Å². The number of benzene rings is 2. The first-order valence-electron chi connectivity index (χ1n) is 8.17. The average molecular weight is 386 g/mol. The molecule has 0 bridgehead atoms. The van der Waals surface area contributed by atoms with Gasteiger partial charge in [-0.15, -0.1) is 0 Å². The van der Waals surface area contributed by atoms with E-state index < -0.39 is 0 Å². The highest BCUT2D eigenvalue weighted by Gasteiger charge is 2.33. The molecule has 1 aliphatic rings. The molecule has 0 aliphatic carbocycles. The van der Waals surface area contributed by atoms with Crippen LogP contribution in [0.4, 0.5) is 5.69 Å². The maximum absolute atomic E-state index is 12.8. The fraction of sp³-hybridized carbons (Fsp3) is 0.200. The molecule has 26 heavy (non-hydrogen) atoms. The van der Waals surface area contributed by atoms with Crippen molar-refractivity contribution in [2.75, 3.05) is 12.0 Å². The van der Waals surface area contributed by atoms with Crippen molar-refractivity contribution < 1.29 is 14.3 Å². The summed E-state index contributed by atoms with van der Waals surface area (Å²) < 4.78 is 11.7. The van der Waals surface area contributed by atoms with Crippen LogP contribution in [0.1, 0.15) is 19.4 Å². The molecule has 0 N–H and O–H groups in total. The van der Waals surface area contributed by atoms with Crippen LogP contribution in [0, 0.1) is 0 Å². The molecule has 1 aliphatic heterocycles. The number of amides is 1. The van der Waals surface area contributed by atoms with Gasteiger partial charge in [-0.25, -0.2) is 0 Å². The van der Waals surface area contributed by atoms with E-state index in [0.29, 0.717) is 20.7 Å². The van der Waals surface area contributed by atoms with E-state index in [0.717, 1.165) is 11.3 Å². The summed E-state index contributed by atoms with van der Waals surface area (Å²) in [6.45, 7) is 3.92. The molecule has 2 aromatic rings. The van der Waals surface area contributed by atoms with E-state index in [1.807, 2.05) is 68.5 Å². The molecule has 0 aromatic heterocycles. The van der Waals surface area contributed by atoms with E-state index >= 15 is 0 Å². The van der Waals surface area contributed by atoms with E-state index in [4.69, 9.17) is 21.7 Å². The second kappa shape index (κ2) is 7.93. The Kier molecular flexibility index (Phi) is 5.64. The number of para-hydroxylation sites is 1. The number of carbonyl (C=O) groups excluding carboxylic acids is 1. The highest BCUT2D eigenvalue weighted by molar-refractivity contribution is 8.27. The third-order valence-corrected chi connectivity index (χ3v) is 4.96. The van der Waals surface area contributed by atoms with Crippen LogP contribution in [0.3, 0.4) is 0 Å². The number of methoxy groups -OCH3 is 1. The largest absolute Gasteiger partial charge is 0.493 e. The first-order valence-corrected chi connectivity index (χ1v) is 9.40. The fourth-order valence-corrected chi connectivity index (χ4v) is 3.84. The monoisotopic (exact) mass is 385 g/mol. The summed E-state index contributed by atoms with van der Waals surface area (Å²) in [7, 11) is 1.60. The van der Waals surface area contributed by atoms with Crippen molar-refractivity contribution in [1.29, 1.82) is 0 Å². The van der Waals surface area contributed by atoms with E-state index in [9.17, 15) is 4.79 Å². The Morgan fingerprint density at radius 1 is 1.12 bits per heavy atom. The van der Waals surface area contributed by atoms with Gasteiger partial charge >= 0.3 is 0 Å². The predicted molar refractivity (Wildman–Crippen MR) is 111 cm³/mol. The number of hydrogen-bond acceptors (Lipinski definition) is 5.